The second-order valence-corrected chi connectivity index (χ2v) is 4.99. The van der Waals surface area contributed by atoms with E-state index in [1.165, 1.54) is 0 Å². The standard InChI is InChI=1S/C14H19N3O2/c1-10-16-13-7-12(3-4-14(13)19-10)17(2)8-11-9-18-6-5-15-11/h3-4,7,11,15H,5-6,8-9H2,1-2H3. The van der Waals surface area contributed by atoms with Crippen LogP contribution in [0.3, 0.4) is 0 Å². The number of anilines is 1. The molecule has 5 nitrogen and oxygen atoms in total. The molecule has 19 heavy (non-hydrogen) atoms. The third kappa shape index (κ3) is 2.72. The van der Waals surface area contributed by atoms with E-state index < -0.39 is 0 Å². The fourth-order valence-electron chi connectivity index (χ4n) is 2.44. The Labute approximate surface area is 112 Å². The van der Waals surface area contributed by atoms with Crippen molar-refractivity contribution in [2.75, 3.05) is 38.3 Å². The highest BCUT2D eigenvalue weighted by Crippen LogP contribution is 2.22. The summed E-state index contributed by atoms with van der Waals surface area (Å²) in [5, 5.41) is 3.46. The summed E-state index contributed by atoms with van der Waals surface area (Å²) >= 11 is 0. The van der Waals surface area contributed by atoms with Crippen molar-refractivity contribution in [3.8, 4) is 0 Å². The van der Waals surface area contributed by atoms with Gasteiger partial charge in [0.05, 0.1) is 13.2 Å². The Bertz CT molecular complexity index is 561. The summed E-state index contributed by atoms with van der Waals surface area (Å²) in [4.78, 5) is 6.59. The number of ether oxygens (including phenoxy) is 1. The second kappa shape index (κ2) is 5.19. The molecular weight excluding hydrogens is 242 g/mol. The first kappa shape index (κ1) is 12.4. The van der Waals surface area contributed by atoms with Crippen LogP contribution in [-0.4, -0.2) is 44.4 Å². The number of fused-ring (bicyclic) bond motifs is 1. The zero-order valence-electron chi connectivity index (χ0n) is 11.3. The van der Waals surface area contributed by atoms with Crippen molar-refractivity contribution < 1.29 is 9.15 Å². The summed E-state index contributed by atoms with van der Waals surface area (Å²) in [6, 6.07) is 6.49. The molecule has 0 spiro atoms. The lowest BCUT2D eigenvalue weighted by Gasteiger charge is -2.29. The number of nitrogens with zero attached hydrogens (tertiary/aromatic N) is 2. The third-order valence-corrected chi connectivity index (χ3v) is 3.41. The van der Waals surface area contributed by atoms with Crippen molar-refractivity contribution >= 4 is 16.8 Å². The summed E-state index contributed by atoms with van der Waals surface area (Å²) in [6.07, 6.45) is 0. The van der Waals surface area contributed by atoms with E-state index >= 15 is 0 Å². The van der Waals surface area contributed by atoms with Crippen LogP contribution in [0, 0.1) is 6.92 Å². The molecule has 0 radical (unpaired) electrons. The predicted octanol–water partition coefficient (Wildman–Crippen LogP) is 1.56. The molecule has 2 heterocycles. The number of benzene rings is 1. The SMILES string of the molecule is Cc1nc2cc(N(C)CC3COCCN3)ccc2o1. The molecule has 1 aliphatic rings. The van der Waals surface area contributed by atoms with Crippen molar-refractivity contribution in [2.45, 2.75) is 13.0 Å². The molecular formula is C14H19N3O2. The fourth-order valence-corrected chi connectivity index (χ4v) is 2.44. The number of likely N-dealkylation sites (N-methyl/N-ethyl adjacent to an activating group) is 1. The second-order valence-electron chi connectivity index (χ2n) is 4.99. The number of nitrogens with one attached hydrogen (secondary N) is 1. The molecule has 3 rings (SSSR count). The number of aryl methyl sites for hydroxylation is 1. The van der Waals surface area contributed by atoms with E-state index in [9.17, 15) is 0 Å². The molecule has 2 aromatic rings. The molecule has 1 N–H and O–H groups in total. The number of aromatic nitrogens is 1. The molecule has 0 aliphatic carbocycles. The Kier molecular flexibility index (Phi) is 3.40. The maximum absolute atomic E-state index is 5.49. The smallest absolute Gasteiger partial charge is 0.192 e. The molecule has 1 aliphatic heterocycles. The van der Waals surface area contributed by atoms with Crippen molar-refractivity contribution in [1.82, 2.24) is 10.3 Å². The zero-order chi connectivity index (χ0) is 13.2. The Morgan fingerprint density at radius 1 is 1.47 bits per heavy atom. The highest BCUT2D eigenvalue weighted by molar-refractivity contribution is 5.77. The summed E-state index contributed by atoms with van der Waals surface area (Å²) in [5.41, 5.74) is 2.90. The number of morpholine rings is 1. The van der Waals surface area contributed by atoms with Gasteiger partial charge in [-0.3, -0.25) is 0 Å². The minimum absolute atomic E-state index is 0.383. The van der Waals surface area contributed by atoms with Gasteiger partial charge in [-0.05, 0) is 18.2 Å². The van der Waals surface area contributed by atoms with Crippen LogP contribution >= 0.6 is 0 Å². The number of hydrogen-bond donors (Lipinski definition) is 1. The maximum atomic E-state index is 5.49. The van der Waals surface area contributed by atoms with E-state index in [0.717, 1.165) is 43.1 Å². The van der Waals surface area contributed by atoms with Crippen LogP contribution in [0.2, 0.25) is 0 Å². The van der Waals surface area contributed by atoms with E-state index in [-0.39, 0.29) is 0 Å². The van der Waals surface area contributed by atoms with Crippen LogP contribution in [-0.2, 0) is 4.74 Å². The Hall–Kier alpha value is -1.59. The summed E-state index contributed by atoms with van der Waals surface area (Å²) in [5.74, 6) is 0.706. The van der Waals surface area contributed by atoms with Crippen LogP contribution in [0.25, 0.3) is 11.1 Å². The molecule has 0 saturated carbocycles. The molecule has 0 amide bonds. The first-order chi connectivity index (χ1) is 9.22. The van der Waals surface area contributed by atoms with Gasteiger partial charge in [0.15, 0.2) is 11.5 Å². The first-order valence-electron chi connectivity index (χ1n) is 6.62. The average Bonchev–Trinajstić information content (AvgIpc) is 2.78. The molecule has 1 fully saturated rings. The Morgan fingerprint density at radius 3 is 3.16 bits per heavy atom. The molecule has 0 bridgehead atoms. The predicted molar refractivity (Wildman–Crippen MR) is 74.6 cm³/mol. The van der Waals surface area contributed by atoms with E-state index in [2.05, 4.69) is 34.4 Å². The van der Waals surface area contributed by atoms with Crippen molar-refractivity contribution in [3.05, 3.63) is 24.1 Å². The van der Waals surface area contributed by atoms with Crippen molar-refractivity contribution in [1.29, 1.82) is 0 Å². The lowest BCUT2D eigenvalue weighted by Crippen LogP contribution is -2.47. The van der Waals surface area contributed by atoms with Crippen LogP contribution < -0.4 is 10.2 Å². The molecule has 1 saturated heterocycles. The van der Waals surface area contributed by atoms with Gasteiger partial charge >= 0.3 is 0 Å². The van der Waals surface area contributed by atoms with E-state index in [1.807, 2.05) is 13.0 Å². The van der Waals surface area contributed by atoms with Gasteiger partial charge in [-0.15, -0.1) is 0 Å². The largest absolute Gasteiger partial charge is 0.441 e. The molecule has 1 aromatic heterocycles. The van der Waals surface area contributed by atoms with Crippen LogP contribution in [0.1, 0.15) is 5.89 Å². The van der Waals surface area contributed by atoms with Gasteiger partial charge < -0.3 is 19.4 Å². The first-order valence-corrected chi connectivity index (χ1v) is 6.62. The van der Waals surface area contributed by atoms with Gasteiger partial charge in [0.1, 0.15) is 5.52 Å². The maximum Gasteiger partial charge on any atom is 0.192 e. The monoisotopic (exact) mass is 261 g/mol. The van der Waals surface area contributed by atoms with Crippen molar-refractivity contribution in [3.63, 3.8) is 0 Å². The molecule has 1 unspecified atom stereocenters. The number of oxazole rings is 1. The summed E-state index contributed by atoms with van der Waals surface area (Å²) in [6.45, 7) is 5.30. The summed E-state index contributed by atoms with van der Waals surface area (Å²) < 4.78 is 11.0. The van der Waals surface area contributed by atoms with Gasteiger partial charge in [-0.2, -0.15) is 0 Å². The molecule has 5 heteroatoms. The Morgan fingerprint density at radius 2 is 2.37 bits per heavy atom. The minimum Gasteiger partial charge on any atom is -0.441 e. The quantitative estimate of drug-likeness (QED) is 0.908. The third-order valence-electron chi connectivity index (χ3n) is 3.41. The van der Waals surface area contributed by atoms with E-state index in [4.69, 9.17) is 9.15 Å². The van der Waals surface area contributed by atoms with Gasteiger partial charge in [-0.1, -0.05) is 0 Å². The van der Waals surface area contributed by atoms with Crippen LogP contribution in [0.4, 0.5) is 5.69 Å². The molecule has 102 valence electrons. The average molecular weight is 261 g/mol. The lowest BCUT2D eigenvalue weighted by atomic mass is 10.2. The van der Waals surface area contributed by atoms with Gasteiger partial charge in [0, 0.05) is 38.8 Å². The number of rotatable bonds is 3. The summed E-state index contributed by atoms with van der Waals surface area (Å²) in [7, 11) is 2.09. The van der Waals surface area contributed by atoms with Crippen LogP contribution in [0.5, 0.6) is 0 Å². The highest BCUT2D eigenvalue weighted by atomic mass is 16.5. The van der Waals surface area contributed by atoms with Gasteiger partial charge in [-0.25, -0.2) is 4.98 Å². The van der Waals surface area contributed by atoms with Gasteiger partial charge in [0.25, 0.3) is 0 Å². The zero-order valence-corrected chi connectivity index (χ0v) is 11.3. The molecule has 1 atom stereocenters. The lowest BCUT2D eigenvalue weighted by molar-refractivity contribution is 0.0791. The minimum atomic E-state index is 0.383. The molecule has 1 aromatic carbocycles. The highest BCUT2D eigenvalue weighted by Gasteiger charge is 2.15. The van der Waals surface area contributed by atoms with E-state index in [0.29, 0.717) is 11.9 Å². The fraction of sp³-hybridized carbons (Fsp3) is 0.500. The Balaban J connectivity index is 1.74. The normalized spacial score (nSPS) is 19.8. The topological polar surface area (TPSA) is 50.5 Å². The van der Waals surface area contributed by atoms with E-state index in [1.54, 1.807) is 0 Å². The van der Waals surface area contributed by atoms with Gasteiger partial charge in [0.2, 0.25) is 0 Å². The van der Waals surface area contributed by atoms with Crippen LogP contribution in [0.15, 0.2) is 22.6 Å². The van der Waals surface area contributed by atoms with Crippen molar-refractivity contribution in [2.24, 2.45) is 0 Å². The number of hydrogen-bond acceptors (Lipinski definition) is 5.